The average Bonchev–Trinajstić information content (AvgIpc) is 2.94. The zero-order valence-corrected chi connectivity index (χ0v) is 24.3. The predicted octanol–water partition coefficient (Wildman–Crippen LogP) is 2.75. The number of benzene rings is 3. The van der Waals surface area contributed by atoms with Gasteiger partial charge in [-0.3, -0.25) is 9.10 Å². The van der Waals surface area contributed by atoms with Gasteiger partial charge in [-0.05, 0) is 66.7 Å². The molecule has 214 valence electrons. The highest BCUT2D eigenvalue weighted by Gasteiger charge is 2.37. The van der Waals surface area contributed by atoms with Crippen LogP contribution in [0, 0.1) is 0 Å². The zero-order valence-electron chi connectivity index (χ0n) is 21.9. The number of methoxy groups -OCH3 is 1. The van der Waals surface area contributed by atoms with Gasteiger partial charge < -0.3 is 19.5 Å². The van der Waals surface area contributed by atoms with Crippen molar-refractivity contribution < 1.29 is 35.8 Å². The van der Waals surface area contributed by atoms with Crippen LogP contribution in [0.2, 0.25) is 5.02 Å². The largest absolute Gasteiger partial charge is 0.497 e. The highest BCUT2D eigenvalue weighted by atomic mass is 35.5. The van der Waals surface area contributed by atoms with Crippen LogP contribution in [0.4, 0.5) is 5.69 Å². The lowest BCUT2D eigenvalue weighted by Crippen LogP contribution is -2.51. The maximum atomic E-state index is 13.6. The summed E-state index contributed by atoms with van der Waals surface area (Å²) >= 11 is 6.14. The molecular formula is C26H28ClN3O8S2. The fraction of sp³-hybridized carbons (Fsp3) is 0.269. The standard InChI is InChI=1S/C26H28ClN3O8S2/c1-29(2)39(32,33)21-11-7-20(8-12-21)37-15-14-28-26(31)25-17-30(23-16-18(27)4-13-24(23)38-25)40(34,35)22-9-5-19(36-3)6-10-22/h4-13,16,25H,14-15,17H2,1-3H3,(H,28,31)/t25-/m0/s1. The first-order chi connectivity index (χ1) is 18.9. The SMILES string of the molecule is COc1ccc(S(=O)(=O)N2C[C@@H](C(=O)NCCOc3ccc(S(=O)(=O)N(C)C)cc3)Oc3ccc(Cl)cc32)cc1. The molecule has 3 aromatic carbocycles. The fourth-order valence-corrected chi connectivity index (χ4v) is 6.37. The van der Waals surface area contributed by atoms with Gasteiger partial charge in [0.05, 0.1) is 35.7 Å². The molecule has 1 N–H and O–H groups in total. The molecule has 1 heterocycles. The predicted molar refractivity (Wildman–Crippen MR) is 149 cm³/mol. The van der Waals surface area contributed by atoms with E-state index in [4.69, 9.17) is 25.8 Å². The summed E-state index contributed by atoms with van der Waals surface area (Å²) in [4.78, 5) is 13.1. The number of hydrogen-bond acceptors (Lipinski definition) is 8. The van der Waals surface area contributed by atoms with E-state index < -0.39 is 32.1 Å². The second-order valence-corrected chi connectivity index (χ2v) is 13.3. The maximum Gasteiger partial charge on any atom is 0.264 e. The van der Waals surface area contributed by atoms with E-state index in [-0.39, 0.29) is 40.9 Å². The molecule has 14 heteroatoms. The second-order valence-electron chi connectivity index (χ2n) is 8.83. The lowest BCUT2D eigenvalue weighted by Gasteiger charge is -2.34. The number of carbonyl (C=O) groups excluding carboxylic acids is 1. The minimum absolute atomic E-state index is 0.0121. The van der Waals surface area contributed by atoms with Gasteiger partial charge in [0, 0.05) is 19.1 Å². The highest BCUT2D eigenvalue weighted by molar-refractivity contribution is 7.92. The second kappa shape index (κ2) is 11.9. The number of nitrogens with one attached hydrogen (secondary N) is 1. The Labute approximate surface area is 238 Å². The van der Waals surface area contributed by atoms with Crippen molar-refractivity contribution in [3.8, 4) is 17.2 Å². The number of ether oxygens (including phenoxy) is 3. The quantitative estimate of drug-likeness (QED) is 0.347. The van der Waals surface area contributed by atoms with Crippen LogP contribution < -0.4 is 23.8 Å². The third kappa shape index (κ3) is 6.28. The van der Waals surface area contributed by atoms with E-state index >= 15 is 0 Å². The normalized spacial score (nSPS) is 15.2. The van der Waals surface area contributed by atoms with Gasteiger partial charge >= 0.3 is 0 Å². The Morgan fingerprint density at radius 2 is 1.62 bits per heavy atom. The zero-order chi connectivity index (χ0) is 29.1. The molecule has 0 aromatic heterocycles. The number of sulfonamides is 2. The van der Waals surface area contributed by atoms with Crippen molar-refractivity contribution >= 4 is 43.2 Å². The van der Waals surface area contributed by atoms with Gasteiger partial charge in [-0.15, -0.1) is 0 Å². The van der Waals surface area contributed by atoms with Crippen LogP contribution in [-0.2, 0) is 24.8 Å². The first kappa shape index (κ1) is 29.5. The topological polar surface area (TPSA) is 132 Å². The number of nitrogens with zero attached hydrogens (tertiary/aromatic N) is 2. The van der Waals surface area contributed by atoms with Crippen molar-refractivity contribution in [3.05, 3.63) is 71.8 Å². The van der Waals surface area contributed by atoms with Crippen LogP contribution in [0.1, 0.15) is 0 Å². The third-order valence-electron chi connectivity index (χ3n) is 6.00. The van der Waals surface area contributed by atoms with Crippen molar-refractivity contribution in [1.29, 1.82) is 0 Å². The molecule has 0 radical (unpaired) electrons. The maximum absolute atomic E-state index is 13.6. The van der Waals surface area contributed by atoms with E-state index in [1.54, 1.807) is 6.07 Å². The molecule has 0 bridgehead atoms. The van der Waals surface area contributed by atoms with Gasteiger partial charge in [0.25, 0.3) is 15.9 Å². The van der Waals surface area contributed by atoms with Gasteiger partial charge in [0.2, 0.25) is 10.0 Å². The molecule has 0 fully saturated rings. The van der Waals surface area contributed by atoms with Crippen molar-refractivity contribution in [2.75, 3.05) is 45.2 Å². The van der Waals surface area contributed by atoms with Crippen LogP contribution in [-0.4, -0.2) is 74.1 Å². The lowest BCUT2D eigenvalue weighted by molar-refractivity contribution is -0.127. The molecule has 0 aliphatic carbocycles. The van der Waals surface area contributed by atoms with Crippen LogP contribution in [0.15, 0.2) is 76.5 Å². The molecule has 0 spiro atoms. The van der Waals surface area contributed by atoms with E-state index in [2.05, 4.69) is 5.32 Å². The van der Waals surface area contributed by atoms with Gasteiger partial charge in [-0.25, -0.2) is 21.1 Å². The molecule has 4 rings (SSSR count). The molecule has 1 amide bonds. The summed E-state index contributed by atoms with van der Waals surface area (Å²) in [6, 6.07) is 16.3. The van der Waals surface area contributed by atoms with Crippen molar-refractivity contribution in [2.24, 2.45) is 0 Å². The number of carbonyl (C=O) groups is 1. The fourth-order valence-electron chi connectivity index (χ4n) is 3.84. The molecule has 1 aliphatic rings. The minimum Gasteiger partial charge on any atom is -0.497 e. The van der Waals surface area contributed by atoms with Gasteiger partial charge in [-0.2, -0.15) is 0 Å². The molecule has 1 atom stereocenters. The van der Waals surface area contributed by atoms with E-state index in [1.807, 2.05) is 0 Å². The Bertz CT molecular complexity index is 1580. The summed E-state index contributed by atoms with van der Waals surface area (Å²) < 4.78 is 70.3. The molecule has 0 unspecified atom stereocenters. The molecular weight excluding hydrogens is 582 g/mol. The Morgan fingerprint density at radius 1 is 1.00 bits per heavy atom. The molecule has 3 aromatic rings. The highest BCUT2D eigenvalue weighted by Crippen LogP contribution is 2.39. The van der Waals surface area contributed by atoms with Crippen LogP contribution in [0.5, 0.6) is 17.2 Å². The number of rotatable bonds is 10. The van der Waals surface area contributed by atoms with E-state index in [0.29, 0.717) is 16.5 Å². The number of anilines is 1. The summed E-state index contributed by atoms with van der Waals surface area (Å²) in [6.45, 7) is -0.107. The van der Waals surface area contributed by atoms with Crippen molar-refractivity contribution in [1.82, 2.24) is 9.62 Å². The van der Waals surface area contributed by atoms with Gasteiger partial charge in [0.15, 0.2) is 6.10 Å². The number of hydrogen-bond donors (Lipinski definition) is 1. The van der Waals surface area contributed by atoms with Crippen LogP contribution in [0.3, 0.4) is 0 Å². The molecule has 0 saturated carbocycles. The Hall–Kier alpha value is -3.52. The smallest absolute Gasteiger partial charge is 0.264 e. The Morgan fingerprint density at radius 3 is 2.25 bits per heavy atom. The van der Waals surface area contributed by atoms with Crippen molar-refractivity contribution in [3.63, 3.8) is 0 Å². The number of amides is 1. The van der Waals surface area contributed by atoms with E-state index in [9.17, 15) is 21.6 Å². The Balaban J connectivity index is 1.42. The minimum atomic E-state index is -4.08. The van der Waals surface area contributed by atoms with Crippen LogP contribution >= 0.6 is 11.6 Å². The monoisotopic (exact) mass is 609 g/mol. The Kier molecular flexibility index (Phi) is 8.78. The molecule has 0 saturated heterocycles. The summed E-state index contributed by atoms with van der Waals surface area (Å²) in [6.07, 6.45) is -1.14. The van der Waals surface area contributed by atoms with Gasteiger partial charge in [0.1, 0.15) is 23.9 Å². The summed E-state index contributed by atoms with van der Waals surface area (Å²) in [5, 5.41) is 3.00. The van der Waals surface area contributed by atoms with E-state index in [1.165, 1.54) is 81.9 Å². The summed E-state index contributed by atoms with van der Waals surface area (Å²) in [7, 11) is -3.26. The lowest BCUT2D eigenvalue weighted by atomic mass is 10.2. The number of fused-ring (bicyclic) bond motifs is 1. The average molecular weight is 610 g/mol. The number of halogens is 1. The third-order valence-corrected chi connectivity index (χ3v) is 9.86. The molecule has 11 nitrogen and oxygen atoms in total. The molecule has 40 heavy (non-hydrogen) atoms. The molecule has 1 aliphatic heterocycles. The summed E-state index contributed by atoms with van der Waals surface area (Å²) in [5.74, 6) is 0.574. The first-order valence-corrected chi connectivity index (χ1v) is 15.3. The van der Waals surface area contributed by atoms with Gasteiger partial charge in [-0.1, -0.05) is 11.6 Å². The van der Waals surface area contributed by atoms with Crippen LogP contribution in [0.25, 0.3) is 0 Å². The van der Waals surface area contributed by atoms with Crippen molar-refractivity contribution in [2.45, 2.75) is 15.9 Å². The van der Waals surface area contributed by atoms with E-state index in [0.717, 1.165) is 8.61 Å². The summed E-state index contributed by atoms with van der Waals surface area (Å²) in [5.41, 5.74) is 0.218. The first-order valence-electron chi connectivity index (χ1n) is 12.0.